The Morgan fingerprint density at radius 3 is 1.57 bits per heavy atom. The summed E-state index contributed by atoms with van der Waals surface area (Å²) in [6.45, 7) is 0. The molecule has 4 aromatic carbocycles. The van der Waals surface area contributed by atoms with Gasteiger partial charge in [0.25, 0.3) is 0 Å². The van der Waals surface area contributed by atoms with Gasteiger partial charge in [-0.25, -0.2) is 0 Å². The van der Waals surface area contributed by atoms with Crippen molar-refractivity contribution >= 4 is 27.3 Å². The van der Waals surface area contributed by atoms with Gasteiger partial charge in [-0.15, -0.1) is 21.6 Å². The first kappa shape index (κ1) is 23.6. The van der Waals surface area contributed by atoms with Crippen LogP contribution in [0.5, 0.6) is 0 Å². The van der Waals surface area contributed by atoms with Crippen LogP contribution in [-0.4, -0.2) is 0 Å². The summed E-state index contributed by atoms with van der Waals surface area (Å²) in [5, 5.41) is 19.1. The van der Waals surface area contributed by atoms with Gasteiger partial charge >= 0.3 is 0 Å². The van der Waals surface area contributed by atoms with E-state index >= 15 is 0 Å². The fraction of sp³-hybridized carbons (Fsp3) is 0.0968. The molecule has 1 aliphatic heterocycles. The van der Waals surface area contributed by atoms with Crippen molar-refractivity contribution in [1.82, 2.24) is 0 Å². The van der Waals surface area contributed by atoms with E-state index in [-0.39, 0.29) is 0 Å². The van der Waals surface area contributed by atoms with Crippen LogP contribution in [0.4, 0.5) is 0 Å². The number of rotatable bonds is 7. The zero-order valence-corrected chi connectivity index (χ0v) is 22.3. The number of benzene rings is 4. The topological polar surface area (TPSA) is 49.4 Å². The molecule has 180 valence electrons. The van der Waals surface area contributed by atoms with E-state index in [4.69, 9.17) is 10.2 Å². The van der Waals surface area contributed by atoms with Gasteiger partial charge in [-0.1, -0.05) is 131 Å². The molecule has 0 amide bonds. The SMILES string of the molecule is BrCc1ccc(-c2ccccc2C2(C(c3ccccc3)(c3ccccc3)c3ccccc3)N=NN=N2)s1. The maximum Gasteiger partial charge on any atom is 0.238 e. The van der Waals surface area contributed by atoms with Gasteiger partial charge in [0.1, 0.15) is 0 Å². The van der Waals surface area contributed by atoms with Gasteiger partial charge in [0, 0.05) is 20.6 Å². The van der Waals surface area contributed by atoms with Crippen molar-refractivity contribution in [3.05, 3.63) is 155 Å². The molecule has 0 spiro atoms. The molecule has 0 saturated carbocycles. The third kappa shape index (κ3) is 3.79. The number of nitrogens with zero attached hydrogens (tertiary/aromatic N) is 4. The first-order valence-electron chi connectivity index (χ1n) is 12.0. The van der Waals surface area contributed by atoms with Gasteiger partial charge < -0.3 is 0 Å². The lowest BCUT2D eigenvalue weighted by Crippen LogP contribution is -2.48. The van der Waals surface area contributed by atoms with Crippen LogP contribution in [0.2, 0.25) is 0 Å². The molecule has 37 heavy (non-hydrogen) atoms. The smallest absolute Gasteiger partial charge is 0.139 e. The summed E-state index contributed by atoms with van der Waals surface area (Å²) >= 11 is 5.37. The minimum Gasteiger partial charge on any atom is -0.139 e. The highest BCUT2D eigenvalue weighted by Gasteiger charge is 2.60. The molecule has 6 heteroatoms. The molecule has 0 aliphatic carbocycles. The Kier molecular flexibility index (Phi) is 6.37. The first-order valence-corrected chi connectivity index (χ1v) is 14.0. The summed E-state index contributed by atoms with van der Waals surface area (Å²) in [6.07, 6.45) is 0. The second-order valence-electron chi connectivity index (χ2n) is 8.84. The average Bonchev–Trinajstić information content (AvgIpc) is 3.67. The van der Waals surface area contributed by atoms with Crippen molar-refractivity contribution in [1.29, 1.82) is 0 Å². The lowest BCUT2D eigenvalue weighted by molar-refractivity contribution is 0.318. The molecule has 0 unspecified atom stereocenters. The van der Waals surface area contributed by atoms with Crippen molar-refractivity contribution in [2.24, 2.45) is 20.7 Å². The normalized spacial score (nSPS) is 14.2. The minimum atomic E-state index is -1.17. The van der Waals surface area contributed by atoms with E-state index in [2.05, 4.69) is 136 Å². The van der Waals surface area contributed by atoms with Gasteiger partial charge in [0.2, 0.25) is 5.66 Å². The molecule has 4 nitrogen and oxygen atoms in total. The highest BCUT2D eigenvalue weighted by atomic mass is 79.9. The molecular weight excluding hydrogens is 540 g/mol. The van der Waals surface area contributed by atoms with E-state index in [9.17, 15) is 0 Å². The third-order valence-electron chi connectivity index (χ3n) is 6.92. The highest BCUT2D eigenvalue weighted by molar-refractivity contribution is 9.08. The van der Waals surface area contributed by atoms with E-state index in [1.54, 1.807) is 11.3 Å². The van der Waals surface area contributed by atoms with Crippen LogP contribution in [0.15, 0.2) is 148 Å². The monoisotopic (exact) mass is 562 g/mol. The summed E-state index contributed by atoms with van der Waals surface area (Å²) in [7, 11) is 0. The Morgan fingerprint density at radius 2 is 1.08 bits per heavy atom. The zero-order valence-electron chi connectivity index (χ0n) is 19.9. The fourth-order valence-electron chi connectivity index (χ4n) is 5.41. The van der Waals surface area contributed by atoms with Gasteiger partial charge in [-0.05, 0) is 44.8 Å². The molecule has 1 aliphatic rings. The maximum atomic E-state index is 4.94. The quantitative estimate of drug-likeness (QED) is 0.140. The van der Waals surface area contributed by atoms with Gasteiger partial charge in [-0.2, -0.15) is 0 Å². The Bertz CT molecular complexity index is 1450. The lowest BCUT2D eigenvalue weighted by Gasteiger charge is -2.45. The van der Waals surface area contributed by atoms with E-state index in [0.29, 0.717) is 0 Å². The molecule has 0 fully saturated rings. The molecule has 0 atom stereocenters. The average molecular weight is 564 g/mol. The molecule has 1 aromatic heterocycles. The highest BCUT2D eigenvalue weighted by Crippen LogP contribution is 2.58. The van der Waals surface area contributed by atoms with E-state index in [1.165, 1.54) is 4.88 Å². The Balaban J connectivity index is 1.76. The number of hydrogen-bond donors (Lipinski definition) is 0. The largest absolute Gasteiger partial charge is 0.238 e. The first-order chi connectivity index (χ1) is 18.3. The molecule has 0 bridgehead atoms. The third-order valence-corrected chi connectivity index (χ3v) is 9.02. The summed E-state index contributed by atoms with van der Waals surface area (Å²) in [5.74, 6) is 0. The summed E-state index contributed by atoms with van der Waals surface area (Å²) in [4.78, 5) is 2.42. The number of thiophene rings is 1. The lowest BCUT2D eigenvalue weighted by atomic mass is 9.59. The van der Waals surface area contributed by atoms with Crippen LogP contribution < -0.4 is 0 Å². The van der Waals surface area contributed by atoms with Crippen molar-refractivity contribution in [2.45, 2.75) is 16.4 Å². The van der Waals surface area contributed by atoms with E-state index in [1.807, 2.05) is 18.2 Å². The Morgan fingerprint density at radius 1 is 0.595 bits per heavy atom. The predicted molar refractivity (Wildman–Crippen MR) is 153 cm³/mol. The number of halogens is 1. The second-order valence-corrected chi connectivity index (χ2v) is 10.6. The van der Waals surface area contributed by atoms with Gasteiger partial charge in [-0.3, -0.25) is 0 Å². The summed E-state index contributed by atoms with van der Waals surface area (Å²) < 4.78 is 0. The molecule has 2 heterocycles. The van der Waals surface area contributed by atoms with Crippen molar-refractivity contribution in [2.75, 3.05) is 0 Å². The Labute approximate surface area is 228 Å². The molecule has 0 saturated heterocycles. The fourth-order valence-corrected chi connectivity index (χ4v) is 6.84. The van der Waals surface area contributed by atoms with Crippen molar-refractivity contribution in [3.63, 3.8) is 0 Å². The predicted octanol–water partition coefficient (Wildman–Crippen LogP) is 9.33. The Hall–Kier alpha value is -3.74. The molecule has 6 rings (SSSR count). The molecule has 5 aromatic rings. The number of alkyl halides is 1. The number of hydrogen-bond acceptors (Lipinski definition) is 5. The van der Waals surface area contributed by atoms with Crippen LogP contribution in [0.3, 0.4) is 0 Å². The zero-order chi connectivity index (χ0) is 25.1. The van der Waals surface area contributed by atoms with Crippen LogP contribution in [0, 0.1) is 0 Å². The van der Waals surface area contributed by atoms with Crippen molar-refractivity contribution in [3.8, 4) is 10.4 Å². The van der Waals surface area contributed by atoms with Gasteiger partial charge in [0.05, 0.1) is 5.41 Å². The molecule has 0 radical (unpaired) electrons. The van der Waals surface area contributed by atoms with Crippen LogP contribution in [-0.2, 0) is 16.4 Å². The van der Waals surface area contributed by atoms with E-state index in [0.717, 1.165) is 38.0 Å². The molecular formula is C31H23BrN4S. The van der Waals surface area contributed by atoms with Crippen LogP contribution >= 0.6 is 27.3 Å². The summed E-state index contributed by atoms with van der Waals surface area (Å²) in [6, 6.07) is 44.2. The van der Waals surface area contributed by atoms with E-state index < -0.39 is 11.1 Å². The van der Waals surface area contributed by atoms with Crippen molar-refractivity contribution < 1.29 is 0 Å². The standard InChI is InChI=1S/C31H23BrN4S/c32-22-26-20-21-29(37-26)27-18-10-11-19-28(27)31(33-35-36-34-31)30(23-12-4-1-5-13-23,24-14-6-2-7-15-24)25-16-8-3-9-17-25/h1-21H,22H2. The minimum absolute atomic E-state index is 0.812. The van der Waals surface area contributed by atoms with Crippen LogP contribution in [0.25, 0.3) is 10.4 Å². The summed E-state index contributed by atoms with van der Waals surface area (Å²) in [5.41, 5.74) is 3.21. The van der Waals surface area contributed by atoms with Gasteiger partial charge in [0.15, 0.2) is 0 Å². The molecule has 0 N–H and O–H groups in total. The maximum absolute atomic E-state index is 4.94. The van der Waals surface area contributed by atoms with Crippen LogP contribution in [0.1, 0.15) is 27.1 Å². The second kappa shape index (κ2) is 9.96.